The highest BCUT2D eigenvalue weighted by atomic mass is 35.5. The summed E-state index contributed by atoms with van der Waals surface area (Å²) in [5.74, 6) is -0.583. The zero-order valence-corrected chi connectivity index (χ0v) is 12.1. The van der Waals surface area contributed by atoms with Gasteiger partial charge in [0.05, 0.1) is 5.56 Å². The standard InChI is InChI=1S/C15H9ClF6O/c16-8-10-7-11(14(17,18)19)3-6-13(10)9-1-4-12(5-2-9)23-15(20,21)22/h1-7H,8H2. The van der Waals surface area contributed by atoms with Crippen LogP contribution in [0.3, 0.4) is 0 Å². The number of alkyl halides is 7. The molecule has 0 radical (unpaired) electrons. The van der Waals surface area contributed by atoms with E-state index in [1.54, 1.807) is 0 Å². The summed E-state index contributed by atoms with van der Waals surface area (Å²) in [6.45, 7) is 0. The molecule has 0 aliphatic carbocycles. The molecule has 124 valence electrons. The molecule has 0 aromatic heterocycles. The Morgan fingerprint density at radius 2 is 1.48 bits per heavy atom. The fourth-order valence-electron chi connectivity index (χ4n) is 2.00. The van der Waals surface area contributed by atoms with Gasteiger partial charge in [0.25, 0.3) is 0 Å². The van der Waals surface area contributed by atoms with E-state index in [2.05, 4.69) is 4.74 Å². The Kier molecular flexibility index (Phi) is 4.79. The third-order valence-electron chi connectivity index (χ3n) is 2.98. The van der Waals surface area contributed by atoms with E-state index in [1.807, 2.05) is 0 Å². The first-order chi connectivity index (χ1) is 10.6. The lowest BCUT2D eigenvalue weighted by atomic mass is 9.98. The molecule has 2 rings (SSSR count). The van der Waals surface area contributed by atoms with Crippen LogP contribution in [0.1, 0.15) is 11.1 Å². The van der Waals surface area contributed by atoms with Gasteiger partial charge in [0.15, 0.2) is 0 Å². The van der Waals surface area contributed by atoms with E-state index in [0.717, 1.165) is 24.3 Å². The highest BCUT2D eigenvalue weighted by molar-refractivity contribution is 6.17. The summed E-state index contributed by atoms with van der Waals surface area (Å²) in [7, 11) is 0. The maximum atomic E-state index is 12.7. The number of hydrogen-bond donors (Lipinski definition) is 0. The summed E-state index contributed by atoms with van der Waals surface area (Å²) in [4.78, 5) is 0. The first-order valence-electron chi connectivity index (χ1n) is 6.22. The lowest BCUT2D eigenvalue weighted by Crippen LogP contribution is -2.16. The molecule has 2 aromatic rings. The number of rotatable bonds is 3. The van der Waals surface area contributed by atoms with Crippen LogP contribution in [0.5, 0.6) is 5.75 Å². The molecule has 0 fully saturated rings. The minimum absolute atomic E-state index is 0.167. The third kappa shape index (κ3) is 4.54. The zero-order chi connectivity index (χ0) is 17.3. The molecular formula is C15H9ClF6O. The Morgan fingerprint density at radius 3 is 1.96 bits per heavy atom. The van der Waals surface area contributed by atoms with Gasteiger partial charge in [-0.25, -0.2) is 0 Å². The molecule has 0 atom stereocenters. The summed E-state index contributed by atoms with van der Waals surface area (Å²) in [5, 5.41) is 0. The molecule has 8 heteroatoms. The van der Waals surface area contributed by atoms with Crippen molar-refractivity contribution in [3.05, 3.63) is 53.6 Å². The molecule has 1 nitrogen and oxygen atoms in total. The molecule has 0 saturated heterocycles. The molecule has 0 bridgehead atoms. The van der Waals surface area contributed by atoms with Crippen molar-refractivity contribution >= 4 is 11.6 Å². The van der Waals surface area contributed by atoms with Gasteiger partial charge in [0.1, 0.15) is 5.75 Å². The third-order valence-corrected chi connectivity index (χ3v) is 3.26. The highest BCUT2D eigenvalue weighted by Gasteiger charge is 2.32. The molecule has 0 N–H and O–H groups in total. The van der Waals surface area contributed by atoms with Gasteiger partial charge in [-0.05, 0) is 41.0 Å². The largest absolute Gasteiger partial charge is 0.573 e. The number of halogens is 7. The van der Waals surface area contributed by atoms with Gasteiger partial charge < -0.3 is 4.74 Å². The summed E-state index contributed by atoms with van der Waals surface area (Å²) in [6, 6.07) is 7.85. The van der Waals surface area contributed by atoms with Crippen molar-refractivity contribution in [1.82, 2.24) is 0 Å². The van der Waals surface area contributed by atoms with Crippen molar-refractivity contribution in [3.63, 3.8) is 0 Å². The predicted molar refractivity (Wildman–Crippen MR) is 73.1 cm³/mol. The second kappa shape index (κ2) is 6.31. The van der Waals surface area contributed by atoms with Gasteiger partial charge in [0.2, 0.25) is 0 Å². The van der Waals surface area contributed by atoms with E-state index in [9.17, 15) is 26.3 Å². The molecule has 0 saturated carbocycles. The first kappa shape index (κ1) is 17.5. The molecule has 0 unspecified atom stereocenters. The van der Waals surface area contributed by atoms with E-state index < -0.39 is 23.9 Å². The summed E-state index contributed by atoms with van der Waals surface area (Å²) in [6.07, 6.45) is -9.30. The topological polar surface area (TPSA) is 9.23 Å². The molecule has 0 aliphatic rings. The van der Waals surface area contributed by atoms with Crippen molar-refractivity contribution in [2.24, 2.45) is 0 Å². The van der Waals surface area contributed by atoms with Crippen LogP contribution in [0.4, 0.5) is 26.3 Å². The van der Waals surface area contributed by atoms with Crippen molar-refractivity contribution in [1.29, 1.82) is 0 Å². The Balaban J connectivity index is 2.35. The Morgan fingerprint density at radius 1 is 0.870 bits per heavy atom. The SMILES string of the molecule is FC(F)(F)Oc1ccc(-c2ccc(C(F)(F)F)cc2CCl)cc1. The number of hydrogen-bond acceptors (Lipinski definition) is 1. The second-order valence-electron chi connectivity index (χ2n) is 4.58. The molecule has 0 amide bonds. The Hall–Kier alpha value is -1.89. The fraction of sp³-hybridized carbons (Fsp3) is 0.200. The van der Waals surface area contributed by atoms with Gasteiger partial charge in [-0.1, -0.05) is 18.2 Å². The van der Waals surface area contributed by atoms with Gasteiger partial charge in [-0.2, -0.15) is 13.2 Å². The lowest BCUT2D eigenvalue weighted by molar-refractivity contribution is -0.274. The molecular weight excluding hydrogens is 346 g/mol. The highest BCUT2D eigenvalue weighted by Crippen LogP contribution is 2.34. The van der Waals surface area contributed by atoms with Crippen LogP contribution < -0.4 is 4.74 Å². The minimum atomic E-state index is -4.81. The average molecular weight is 355 g/mol. The van der Waals surface area contributed by atoms with Crippen LogP contribution in [-0.2, 0) is 12.1 Å². The normalized spacial score (nSPS) is 12.3. The Bertz CT molecular complexity index is 676. The zero-order valence-electron chi connectivity index (χ0n) is 11.3. The fourth-order valence-corrected chi connectivity index (χ4v) is 2.22. The van der Waals surface area contributed by atoms with E-state index in [0.29, 0.717) is 11.1 Å². The molecule has 0 aliphatic heterocycles. The van der Waals surface area contributed by atoms with Crippen LogP contribution in [-0.4, -0.2) is 6.36 Å². The predicted octanol–water partition coefficient (Wildman–Crippen LogP) is 6.01. The van der Waals surface area contributed by atoms with Crippen LogP contribution in [0.25, 0.3) is 11.1 Å². The number of benzene rings is 2. The summed E-state index contributed by atoms with van der Waals surface area (Å²) in [5.41, 5.74) is 0.232. The summed E-state index contributed by atoms with van der Waals surface area (Å²) < 4.78 is 78.1. The van der Waals surface area contributed by atoms with Crippen LogP contribution in [0.2, 0.25) is 0 Å². The maximum Gasteiger partial charge on any atom is 0.573 e. The van der Waals surface area contributed by atoms with E-state index in [4.69, 9.17) is 11.6 Å². The molecule has 23 heavy (non-hydrogen) atoms. The average Bonchev–Trinajstić information content (AvgIpc) is 2.45. The van der Waals surface area contributed by atoms with Gasteiger partial charge in [-0.3, -0.25) is 0 Å². The smallest absolute Gasteiger partial charge is 0.406 e. The van der Waals surface area contributed by atoms with Crippen molar-refractivity contribution in [2.45, 2.75) is 18.4 Å². The van der Waals surface area contributed by atoms with Crippen molar-refractivity contribution in [3.8, 4) is 16.9 Å². The lowest BCUT2D eigenvalue weighted by Gasteiger charge is -2.13. The van der Waals surface area contributed by atoms with Crippen LogP contribution in [0.15, 0.2) is 42.5 Å². The second-order valence-corrected chi connectivity index (χ2v) is 4.84. The summed E-state index contributed by atoms with van der Waals surface area (Å²) >= 11 is 5.68. The molecule has 0 heterocycles. The van der Waals surface area contributed by atoms with Crippen LogP contribution in [0, 0.1) is 0 Å². The van der Waals surface area contributed by atoms with Crippen LogP contribution >= 0.6 is 11.6 Å². The quantitative estimate of drug-likeness (QED) is 0.484. The first-order valence-corrected chi connectivity index (χ1v) is 6.76. The number of ether oxygens (including phenoxy) is 1. The van der Waals surface area contributed by atoms with E-state index >= 15 is 0 Å². The van der Waals surface area contributed by atoms with Gasteiger partial charge in [-0.15, -0.1) is 24.8 Å². The van der Waals surface area contributed by atoms with E-state index in [1.165, 1.54) is 18.2 Å². The monoisotopic (exact) mass is 354 g/mol. The Labute approximate surface area is 132 Å². The van der Waals surface area contributed by atoms with E-state index in [-0.39, 0.29) is 11.4 Å². The van der Waals surface area contributed by atoms with Gasteiger partial charge in [0, 0.05) is 5.88 Å². The van der Waals surface area contributed by atoms with Crippen molar-refractivity contribution in [2.75, 3.05) is 0 Å². The van der Waals surface area contributed by atoms with Gasteiger partial charge >= 0.3 is 12.5 Å². The molecule has 0 spiro atoms. The maximum absolute atomic E-state index is 12.7. The minimum Gasteiger partial charge on any atom is -0.406 e. The van der Waals surface area contributed by atoms with Crippen molar-refractivity contribution < 1.29 is 31.1 Å². The molecule has 2 aromatic carbocycles.